The van der Waals surface area contributed by atoms with Gasteiger partial charge in [0.25, 0.3) is 0 Å². The van der Waals surface area contributed by atoms with Crippen molar-refractivity contribution in [2.24, 2.45) is 0 Å². The van der Waals surface area contributed by atoms with Crippen LogP contribution >= 0.6 is 46.4 Å². The fourth-order valence-corrected chi connectivity index (χ4v) is 12.2. The van der Waals surface area contributed by atoms with Crippen LogP contribution in [0.2, 0.25) is 20.1 Å². The molecule has 0 radical (unpaired) electrons. The van der Waals surface area contributed by atoms with Gasteiger partial charge >= 0.3 is 0 Å². The fourth-order valence-electron chi connectivity index (χ4n) is 11.2. The summed E-state index contributed by atoms with van der Waals surface area (Å²) in [6.45, 7) is 0. The molecule has 2 N–H and O–H groups in total. The van der Waals surface area contributed by atoms with Gasteiger partial charge in [0.15, 0.2) is 5.82 Å². The molecule has 2 aliphatic heterocycles. The normalized spacial score (nSPS) is 12.2. The molecule has 0 saturated heterocycles. The number of nitrogens with one attached hydrogen (secondary N) is 2. The molecule has 0 spiro atoms. The Bertz CT molecular complexity index is 4420. The molecule has 10 aromatic carbocycles. The summed E-state index contributed by atoms with van der Waals surface area (Å²) in [7, 11) is 0. The number of hydrogen-bond donors (Lipinski definition) is 2. The number of aromatic nitrogens is 5. The molecule has 2 aliphatic rings. The molecular formula is C63H33Cl4N5. The van der Waals surface area contributed by atoms with Gasteiger partial charge in [-0.25, -0.2) is 15.0 Å². The zero-order valence-electron chi connectivity index (χ0n) is 37.8. The SMILES string of the molecule is Clc1cc(Cl)cc(-c2c3nc(nc4[nH]c(c(-c5cc(Cl)cc(Cl)c5)c5nc(cc6[nH]c2c2cc7ccccc7cc62)-c2cc6ccccc6cc2-5)c2cc5ccccc5cc42)-c2cc4ccccc4cc2-3)c1. The molecule has 338 valence electrons. The Morgan fingerprint density at radius 2 is 0.708 bits per heavy atom. The first-order valence-electron chi connectivity index (χ1n) is 23.6. The molecule has 0 fully saturated rings. The topological polar surface area (TPSA) is 70.2 Å². The molecule has 0 amide bonds. The van der Waals surface area contributed by atoms with E-state index < -0.39 is 0 Å². The number of hydrogen-bond acceptors (Lipinski definition) is 3. The number of fused-ring (bicyclic) bond motifs is 24. The molecule has 0 atom stereocenters. The zero-order chi connectivity index (χ0) is 47.9. The summed E-state index contributed by atoms with van der Waals surface area (Å²) in [5, 5.41) is 14.6. The lowest BCUT2D eigenvalue weighted by molar-refractivity contribution is 1.27. The Labute approximate surface area is 430 Å². The van der Waals surface area contributed by atoms with Crippen LogP contribution in [-0.4, -0.2) is 24.9 Å². The van der Waals surface area contributed by atoms with Crippen molar-refractivity contribution in [3.8, 4) is 67.4 Å². The molecule has 13 aromatic rings. The van der Waals surface area contributed by atoms with Crippen molar-refractivity contribution in [2.75, 3.05) is 0 Å². The quantitative estimate of drug-likeness (QED) is 0.181. The van der Waals surface area contributed by atoms with Gasteiger partial charge in [-0.15, -0.1) is 0 Å². The second-order valence-corrected chi connectivity index (χ2v) is 20.4. The number of rotatable bonds is 2. The molecule has 0 unspecified atom stereocenters. The standard InChI is InChI=1S/C63H33Cl4N5/c64-42-17-40(18-43(65)29-42)56-58-48-23-34-11-3-1-9-32(34)21-46(48)54(68-58)31-55-47-22-33-10-2-4-12-35(33)24-49(47)59(69-55)57(41-19-44(66)30-45(67)20-41)61-51-26-37-14-6-8-16-39(37)28-53(51)63(71-61)72-62-52-27-38-15-7-5-13-36(38)25-50(52)60(56)70-62/h1-31,68H,(H,70,71,72). The molecule has 72 heavy (non-hydrogen) atoms. The minimum atomic E-state index is 0.509. The maximum Gasteiger partial charge on any atom is 0.162 e. The van der Waals surface area contributed by atoms with Gasteiger partial charge in [0, 0.05) is 80.5 Å². The largest absolute Gasteiger partial charge is 0.354 e. The molecule has 8 bridgehead atoms. The summed E-state index contributed by atoms with van der Waals surface area (Å²) in [5.74, 6) is 0.553. The average Bonchev–Trinajstić information content (AvgIpc) is 4.11. The minimum absolute atomic E-state index is 0.509. The Kier molecular flexibility index (Phi) is 9.12. The van der Waals surface area contributed by atoms with Crippen molar-refractivity contribution < 1.29 is 0 Å². The van der Waals surface area contributed by atoms with Gasteiger partial charge in [0.2, 0.25) is 0 Å². The van der Waals surface area contributed by atoms with Crippen LogP contribution in [0.4, 0.5) is 0 Å². The molecular weight excluding hydrogens is 969 g/mol. The smallest absolute Gasteiger partial charge is 0.162 e. The number of nitrogens with zero attached hydrogens (tertiary/aromatic N) is 3. The van der Waals surface area contributed by atoms with Crippen LogP contribution in [0.15, 0.2) is 188 Å². The van der Waals surface area contributed by atoms with E-state index in [1.54, 1.807) is 12.1 Å². The highest BCUT2D eigenvalue weighted by Crippen LogP contribution is 2.50. The van der Waals surface area contributed by atoms with Crippen LogP contribution in [0.1, 0.15) is 0 Å². The van der Waals surface area contributed by atoms with E-state index in [4.69, 9.17) is 61.4 Å². The van der Waals surface area contributed by atoms with Crippen LogP contribution < -0.4 is 0 Å². The van der Waals surface area contributed by atoms with Crippen LogP contribution in [0.3, 0.4) is 0 Å². The molecule has 15 rings (SSSR count). The Morgan fingerprint density at radius 3 is 1.22 bits per heavy atom. The van der Waals surface area contributed by atoms with Crippen molar-refractivity contribution in [1.29, 1.82) is 0 Å². The van der Waals surface area contributed by atoms with Crippen molar-refractivity contribution >= 4 is 133 Å². The highest BCUT2D eigenvalue weighted by Gasteiger charge is 2.28. The molecule has 9 heteroatoms. The highest BCUT2D eigenvalue weighted by atomic mass is 35.5. The Hall–Kier alpha value is -8.03. The van der Waals surface area contributed by atoms with E-state index >= 15 is 0 Å². The van der Waals surface area contributed by atoms with E-state index in [-0.39, 0.29) is 0 Å². The second-order valence-electron chi connectivity index (χ2n) is 18.7. The van der Waals surface area contributed by atoms with Crippen LogP contribution in [0.5, 0.6) is 0 Å². The predicted octanol–water partition coefficient (Wildman–Crippen LogP) is 19.2. The summed E-state index contributed by atoms with van der Waals surface area (Å²) in [6.07, 6.45) is 0. The van der Waals surface area contributed by atoms with Gasteiger partial charge in [-0.05, 0) is 145 Å². The first-order chi connectivity index (χ1) is 35.2. The first kappa shape index (κ1) is 41.7. The number of halogens is 4. The molecule has 0 aliphatic carbocycles. The van der Waals surface area contributed by atoms with Crippen LogP contribution in [0, 0.1) is 0 Å². The lowest BCUT2D eigenvalue weighted by Gasteiger charge is -2.10. The summed E-state index contributed by atoms with van der Waals surface area (Å²) in [6, 6.07) is 65.2. The zero-order valence-corrected chi connectivity index (χ0v) is 40.8. The van der Waals surface area contributed by atoms with Crippen molar-refractivity contribution in [1.82, 2.24) is 24.9 Å². The maximum atomic E-state index is 6.97. The number of aromatic amines is 2. The third-order valence-electron chi connectivity index (χ3n) is 14.4. The van der Waals surface area contributed by atoms with E-state index in [9.17, 15) is 0 Å². The number of H-pyrrole nitrogens is 2. The molecule has 5 heterocycles. The summed E-state index contributed by atoms with van der Waals surface area (Å²) < 4.78 is 0. The van der Waals surface area contributed by atoms with Crippen molar-refractivity contribution in [3.63, 3.8) is 0 Å². The van der Waals surface area contributed by atoms with Gasteiger partial charge in [0.1, 0.15) is 5.65 Å². The molecule has 3 aromatic heterocycles. The van der Waals surface area contributed by atoms with Gasteiger partial charge in [-0.1, -0.05) is 143 Å². The Morgan fingerprint density at radius 1 is 0.319 bits per heavy atom. The van der Waals surface area contributed by atoms with Gasteiger partial charge in [-0.3, -0.25) is 0 Å². The van der Waals surface area contributed by atoms with Crippen LogP contribution in [0.25, 0.3) is 154 Å². The van der Waals surface area contributed by atoms with Crippen molar-refractivity contribution in [2.45, 2.75) is 0 Å². The third-order valence-corrected chi connectivity index (χ3v) is 15.3. The average molecular weight is 1000 g/mol. The third kappa shape index (κ3) is 6.52. The van der Waals surface area contributed by atoms with Gasteiger partial charge < -0.3 is 9.97 Å². The monoisotopic (exact) mass is 999 g/mol. The van der Waals surface area contributed by atoms with E-state index in [0.717, 1.165) is 143 Å². The molecule has 5 nitrogen and oxygen atoms in total. The lowest BCUT2D eigenvalue weighted by atomic mass is 9.93. The predicted molar refractivity (Wildman–Crippen MR) is 304 cm³/mol. The van der Waals surface area contributed by atoms with Gasteiger partial charge in [0.05, 0.1) is 28.1 Å². The Balaban J connectivity index is 1.24. The van der Waals surface area contributed by atoms with Crippen LogP contribution in [-0.2, 0) is 0 Å². The second kappa shape index (κ2) is 15.7. The van der Waals surface area contributed by atoms with E-state index in [1.165, 1.54) is 0 Å². The number of benzene rings is 10. The minimum Gasteiger partial charge on any atom is -0.354 e. The van der Waals surface area contributed by atoms with Crippen molar-refractivity contribution in [3.05, 3.63) is 208 Å². The van der Waals surface area contributed by atoms with E-state index in [2.05, 4.69) is 162 Å². The highest BCUT2D eigenvalue weighted by molar-refractivity contribution is 6.36. The first-order valence-corrected chi connectivity index (χ1v) is 25.1. The molecule has 0 saturated carbocycles. The summed E-state index contributed by atoms with van der Waals surface area (Å²) in [4.78, 5) is 25.0. The van der Waals surface area contributed by atoms with Gasteiger partial charge in [-0.2, -0.15) is 0 Å². The van der Waals surface area contributed by atoms with E-state index in [0.29, 0.717) is 31.6 Å². The van der Waals surface area contributed by atoms with E-state index in [1.807, 2.05) is 24.3 Å². The fraction of sp³-hybridized carbons (Fsp3) is 0. The summed E-state index contributed by atoms with van der Waals surface area (Å²) >= 11 is 27.9. The summed E-state index contributed by atoms with van der Waals surface area (Å²) in [5.41, 5.74) is 12.5. The lowest BCUT2D eigenvalue weighted by Crippen LogP contribution is -1.87. The maximum absolute atomic E-state index is 6.97.